The molecule has 0 radical (unpaired) electrons. The Labute approximate surface area is 87.3 Å². The summed E-state index contributed by atoms with van der Waals surface area (Å²) in [4.78, 5) is 25.1. The minimum atomic E-state index is -0.601. The Morgan fingerprint density at radius 3 is 3.07 bits per heavy atom. The number of carbonyl (C=O) groups excluding carboxylic acids is 2. The third-order valence-electron chi connectivity index (χ3n) is 1.46. The Hall–Kier alpha value is -2.15. The van der Waals surface area contributed by atoms with Gasteiger partial charge in [0.05, 0.1) is 6.61 Å². The summed E-state index contributed by atoms with van der Waals surface area (Å²) in [5.41, 5.74) is 0.651. The van der Waals surface area contributed by atoms with Gasteiger partial charge in [0.15, 0.2) is 6.29 Å². The van der Waals surface area contributed by atoms with Crippen LogP contribution >= 0.6 is 0 Å². The van der Waals surface area contributed by atoms with Crippen molar-refractivity contribution in [2.24, 2.45) is 0 Å². The average molecular weight is 203 g/mol. The van der Waals surface area contributed by atoms with E-state index in [1.807, 2.05) is 0 Å². The van der Waals surface area contributed by atoms with E-state index in [0.717, 1.165) is 0 Å². The molecular formula is C11H9NO3. The highest BCUT2D eigenvalue weighted by Gasteiger charge is 1.95. The first-order valence-corrected chi connectivity index (χ1v) is 4.37. The molecule has 0 saturated heterocycles. The van der Waals surface area contributed by atoms with Crippen molar-refractivity contribution in [3.63, 3.8) is 0 Å². The Kier molecular flexibility index (Phi) is 4.05. The number of hydrogen-bond acceptors (Lipinski definition) is 4. The van der Waals surface area contributed by atoms with E-state index in [1.54, 1.807) is 25.1 Å². The van der Waals surface area contributed by atoms with Gasteiger partial charge in [-0.15, -0.1) is 0 Å². The van der Waals surface area contributed by atoms with Crippen LogP contribution in [0, 0.1) is 11.8 Å². The van der Waals surface area contributed by atoms with Crippen LogP contribution in [0.5, 0.6) is 0 Å². The van der Waals surface area contributed by atoms with Gasteiger partial charge in [-0.1, -0.05) is 6.07 Å². The van der Waals surface area contributed by atoms with Gasteiger partial charge in [0.25, 0.3) is 0 Å². The summed E-state index contributed by atoms with van der Waals surface area (Å²) >= 11 is 0. The van der Waals surface area contributed by atoms with Gasteiger partial charge in [0.1, 0.15) is 11.4 Å². The van der Waals surface area contributed by atoms with Crippen LogP contribution in [0.1, 0.15) is 23.1 Å². The predicted octanol–water partition coefficient (Wildman–Crippen LogP) is 0.809. The van der Waals surface area contributed by atoms with E-state index in [1.165, 1.54) is 0 Å². The first-order valence-electron chi connectivity index (χ1n) is 4.37. The normalized spacial score (nSPS) is 8.60. The molecule has 0 aromatic carbocycles. The fourth-order valence-electron chi connectivity index (χ4n) is 0.869. The number of pyridine rings is 1. The van der Waals surface area contributed by atoms with Crippen molar-refractivity contribution in [2.45, 2.75) is 6.92 Å². The molecule has 76 valence electrons. The van der Waals surface area contributed by atoms with Crippen LogP contribution in [0.2, 0.25) is 0 Å². The van der Waals surface area contributed by atoms with Crippen molar-refractivity contribution < 1.29 is 14.3 Å². The molecule has 0 atom stereocenters. The van der Waals surface area contributed by atoms with Crippen molar-refractivity contribution in [3.05, 3.63) is 29.6 Å². The number of esters is 1. The van der Waals surface area contributed by atoms with E-state index in [-0.39, 0.29) is 12.3 Å². The largest absolute Gasteiger partial charge is 0.456 e. The molecule has 0 N–H and O–H groups in total. The Balaban J connectivity index is 2.79. The molecule has 1 heterocycles. The summed E-state index contributed by atoms with van der Waals surface area (Å²) < 4.78 is 4.61. The highest BCUT2D eigenvalue weighted by Crippen LogP contribution is 1.94. The minimum absolute atomic E-state index is 0.283. The molecular weight excluding hydrogens is 194 g/mol. The summed E-state index contributed by atoms with van der Waals surface area (Å²) in [6.45, 7) is 1.99. The molecule has 0 aliphatic rings. The van der Waals surface area contributed by atoms with Gasteiger partial charge in [-0.25, -0.2) is 9.78 Å². The fourth-order valence-corrected chi connectivity index (χ4v) is 0.869. The zero-order chi connectivity index (χ0) is 11.1. The number of hydrogen-bond donors (Lipinski definition) is 0. The van der Waals surface area contributed by atoms with Crippen LogP contribution in [-0.4, -0.2) is 23.8 Å². The molecule has 15 heavy (non-hydrogen) atoms. The van der Waals surface area contributed by atoms with Gasteiger partial charge in [-0.2, -0.15) is 0 Å². The second kappa shape index (κ2) is 5.55. The van der Waals surface area contributed by atoms with Gasteiger partial charge in [-0.3, -0.25) is 4.79 Å². The van der Waals surface area contributed by atoms with Crippen molar-refractivity contribution in [1.29, 1.82) is 0 Å². The Bertz CT molecular complexity index is 429. The molecule has 0 fully saturated rings. The lowest BCUT2D eigenvalue weighted by Crippen LogP contribution is -2.00. The fraction of sp³-hybridized carbons (Fsp3) is 0.182. The Morgan fingerprint density at radius 2 is 2.40 bits per heavy atom. The van der Waals surface area contributed by atoms with Crippen LogP contribution in [0.3, 0.4) is 0 Å². The molecule has 0 amide bonds. The average Bonchev–Trinajstić information content (AvgIpc) is 2.27. The number of nitrogens with zero attached hydrogens (tertiary/aromatic N) is 1. The van der Waals surface area contributed by atoms with Gasteiger partial charge in [0, 0.05) is 5.92 Å². The van der Waals surface area contributed by atoms with Crippen LogP contribution < -0.4 is 0 Å². The van der Waals surface area contributed by atoms with Gasteiger partial charge in [-0.05, 0) is 25.0 Å². The first-order chi connectivity index (χ1) is 7.26. The van der Waals surface area contributed by atoms with Gasteiger partial charge < -0.3 is 4.74 Å². The smallest absolute Gasteiger partial charge is 0.384 e. The van der Waals surface area contributed by atoms with Crippen molar-refractivity contribution in [2.75, 3.05) is 6.61 Å². The summed E-state index contributed by atoms with van der Waals surface area (Å²) in [6, 6.07) is 4.81. The molecule has 0 aliphatic carbocycles. The molecule has 1 aromatic rings. The molecule has 0 unspecified atom stereocenters. The SMILES string of the molecule is CCOC(=O)C#Cc1cccc(C=O)n1. The second-order valence-electron chi connectivity index (χ2n) is 2.54. The number of ether oxygens (including phenoxy) is 1. The maximum atomic E-state index is 10.9. The number of carbonyl (C=O) groups is 2. The Morgan fingerprint density at radius 1 is 1.60 bits per heavy atom. The van der Waals surface area contributed by atoms with E-state index < -0.39 is 5.97 Å². The zero-order valence-electron chi connectivity index (χ0n) is 8.19. The molecule has 0 bridgehead atoms. The molecule has 0 aliphatic heterocycles. The highest BCUT2D eigenvalue weighted by molar-refractivity contribution is 5.89. The number of rotatable bonds is 2. The number of aldehydes is 1. The van der Waals surface area contributed by atoms with E-state index in [2.05, 4.69) is 21.6 Å². The molecule has 4 heteroatoms. The topological polar surface area (TPSA) is 56.3 Å². The van der Waals surface area contributed by atoms with Crippen molar-refractivity contribution >= 4 is 12.3 Å². The summed E-state index contributed by atoms with van der Waals surface area (Å²) in [5.74, 6) is 4.17. The molecule has 4 nitrogen and oxygen atoms in total. The summed E-state index contributed by atoms with van der Waals surface area (Å²) in [6.07, 6.45) is 0.621. The number of aromatic nitrogens is 1. The van der Waals surface area contributed by atoms with E-state index in [0.29, 0.717) is 12.0 Å². The second-order valence-corrected chi connectivity index (χ2v) is 2.54. The van der Waals surface area contributed by atoms with Crippen LogP contribution in [-0.2, 0) is 9.53 Å². The molecule has 1 aromatic heterocycles. The third kappa shape index (κ3) is 3.61. The predicted molar refractivity (Wildman–Crippen MR) is 53.1 cm³/mol. The van der Waals surface area contributed by atoms with E-state index >= 15 is 0 Å². The third-order valence-corrected chi connectivity index (χ3v) is 1.46. The maximum absolute atomic E-state index is 10.9. The minimum Gasteiger partial charge on any atom is -0.456 e. The van der Waals surface area contributed by atoms with E-state index in [9.17, 15) is 9.59 Å². The lowest BCUT2D eigenvalue weighted by molar-refractivity contribution is -0.136. The highest BCUT2D eigenvalue weighted by atomic mass is 16.5. The quantitative estimate of drug-likeness (QED) is 0.405. The monoisotopic (exact) mass is 203 g/mol. The molecule has 1 rings (SSSR count). The van der Waals surface area contributed by atoms with Crippen molar-refractivity contribution in [3.8, 4) is 11.8 Å². The van der Waals surface area contributed by atoms with Crippen LogP contribution in [0.15, 0.2) is 18.2 Å². The molecule has 0 saturated carbocycles. The molecule has 0 spiro atoms. The van der Waals surface area contributed by atoms with Gasteiger partial charge in [0.2, 0.25) is 0 Å². The summed E-state index contributed by atoms with van der Waals surface area (Å²) in [5, 5.41) is 0. The van der Waals surface area contributed by atoms with Gasteiger partial charge >= 0.3 is 5.97 Å². The standard InChI is InChI=1S/C11H9NO3/c1-2-15-11(14)7-6-9-4-3-5-10(8-13)12-9/h3-5,8H,2H2,1H3. The van der Waals surface area contributed by atoms with Crippen LogP contribution in [0.25, 0.3) is 0 Å². The first kappa shape index (κ1) is 10.9. The van der Waals surface area contributed by atoms with E-state index in [4.69, 9.17) is 0 Å². The lowest BCUT2D eigenvalue weighted by atomic mass is 10.3. The van der Waals surface area contributed by atoms with Crippen molar-refractivity contribution in [1.82, 2.24) is 4.98 Å². The zero-order valence-corrected chi connectivity index (χ0v) is 8.19. The maximum Gasteiger partial charge on any atom is 0.384 e. The summed E-state index contributed by atoms with van der Waals surface area (Å²) in [7, 11) is 0. The lowest BCUT2D eigenvalue weighted by Gasteiger charge is -1.92. The van der Waals surface area contributed by atoms with Crippen LogP contribution in [0.4, 0.5) is 0 Å².